The van der Waals surface area contributed by atoms with E-state index in [0.29, 0.717) is 18.0 Å². The standard InChI is InChI=1S/C12H14N2OS/c1-8(2)6-13-12(15)9-3-4-10-11(5-9)16-7-14-10/h3-5,7-8H,6H2,1-2H3,(H,13,15). The van der Waals surface area contributed by atoms with E-state index in [1.165, 1.54) is 0 Å². The van der Waals surface area contributed by atoms with E-state index in [1.54, 1.807) is 16.8 Å². The summed E-state index contributed by atoms with van der Waals surface area (Å²) < 4.78 is 1.05. The fourth-order valence-electron chi connectivity index (χ4n) is 1.40. The Bertz CT molecular complexity index is 504. The number of nitrogens with one attached hydrogen (secondary N) is 1. The van der Waals surface area contributed by atoms with Crippen molar-refractivity contribution in [3.05, 3.63) is 29.3 Å². The second-order valence-corrected chi connectivity index (χ2v) is 5.03. The van der Waals surface area contributed by atoms with Gasteiger partial charge in [-0.1, -0.05) is 13.8 Å². The van der Waals surface area contributed by atoms with Gasteiger partial charge in [0.05, 0.1) is 15.7 Å². The zero-order valence-electron chi connectivity index (χ0n) is 9.36. The van der Waals surface area contributed by atoms with Gasteiger partial charge in [0.1, 0.15) is 0 Å². The molecule has 4 heteroatoms. The summed E-state index contributed by atoms with van der Waals surface area (Å²) in [4.78, 5) is 16.0. The van der Waals surface area contributed by atoms with Gasteiger partial charge in [-0.15, -0.1) is 11.3 Å². The normalized spacial score (nSPS) is 10.9. The third-order valence-electron chi connectivity index (χ3n) is 2.26. The topological polar surface area (TPSA) is 42.0 Å². The second kappa shape index (κ2) is 4.61. The van der Waals surface area contributed by atoms with Crippen molar-refractivity contribution in [2.45, 2.75) is 13.8 Å². The molecule has 0 aliphatic heterocycles. The number of nitrogens with zero attached hydrogens (tertiary/aromatic N) is 1. The van der Waals surface area contributed by atoms with Crippen molar-refractivity contribution in [2.75, 3.05) is 6.54 Å². The number of fused-ring (bicyclic) bond motifs is 1. The molecule has 0 unspecified atom stereocenters. The molecule has 0 atom stereocenters. The monoisotopic (exact) mass is 234 g/mol. The zero-order valence-corrected chi connectivity index (χ0v) is 10.2. The maximum Gasteiger partial charge on any atom is 0.251 e. The first-order valence-corrected chi connectivity index (χ1v) is 6.16. The molecular formula is C12H14N2OS. The largest absolute Gasteiger partial charge is 0.352 e. The fraction of sp³-hybridized carbons (Fsp3) is 0.333. The maximum absolute atomic E-state index is 11.8. The average Bonchev–Trinajstić information content (AvgIpc) is 2.72. The van der Waals surface area contributed by atoms with Gasteiger partial charge in [-0.05, 0) is 24.1 Å². The number of hydrogen-bond donors (Lipinski definition) is 1. The van der Waals surface area contributed by atoms with Gasteiger partial charge >= 0.3 is 0 Å². The molecule has 16 heavy (non-hydrogen) atoms. The summed E-state index contributed by atoms with van der Waals surface area (Å²) in [7, 11) is 0. The van der Waals surface area contributed by atoms with E-state index < -0.39 is 0 Å². The summed E-state index contributed by atoms with van der Waals surface area (Å²) in [5.74, 6) is 0.458. The van der Waals surface area contributed by atoms with Gasteiger partial charge in [0.25, 0.3) is 5.91 Å². The number of benzene rings is 1. The van der Waals surface area contributed by atoms with Crippen molar-refractivity contribution in [3.8, 4) is 0 Å². The zero-order chi connectivity index (χ0) is 11.5. The SMILES string of the molecule is CC(C)CNC(=O)c1ccc2ncsc2c1. The van der Waals surface area contributed by atoms with Gasteiger partial charge in [0.2, 0.25) is 0 Å². The molecule has 84 valence electrons. The van der Waals surface area contributed by atoms with E-state index in [0.717, 1.165) is 10.2 Å². The number of aromatic nitrogens is 1. The van der Waals surface area contributed by atoms with E-state index in [2.05, 4.69) is 24.1 Å². The first-order valence-electron chi connectivity index (χ1n) is 5.28. The molecule has 1 amide bonds. The number of carbonyl (C=O) groups excluding carboxylic acids is 1. The number of amides is 1. The molecule has 1 aromatic carbocycles. The Morgan fingerprint density at radius 3 is 3.06 bits per heavy atom. The lowest BCUT2D eigenvalue weighted by Gasteiger charge is -2.07. The smallest absolute Gasteiger partial charge is 0.251 e. The van der Waals surface area contributed by atoms with Crippen LogP contribution in [0.15, 0.2) is 23.7 Å². The van der Waals surface area contributed by atoms with Crippen molar-refractivity contribution in [1.29, 1.82) is 0 Å². The highest BCUT2D eigenvalue weighted by Crippen LogP contribution is 2.18. The van der Waals surface area contributed by atoms with Crippen molar-refractivity contribution in [3.63, 3.8) is 0 Å². The number of rotatable bonds is 3. The van der Waals surface area contributed by atoms with Crippen LogP contribution in [0.1, 0.15) is 24.2 Å². The minimum atomic E-state index is -0.0102. The van der Waals surface area contributed by atoms with Crippen molar-refractivity contribution < 1.29 is 4.79 Å². The highest BCUT2D eigenvalue weighted by Gasteiger charge is 2.07. The second-order valence-electron chi connectivity index (χ2n) is 4.14. The minimum Gasteiger partial charge on any atom is -0.352 e. The van der Waals surface area contributed by atoms with Gasteiger partial charge in [-0.3, -0.25) is 4.79 Å². The van der Waals surface area contributed by atoms with Gasteiger partial charge in [0.15, 0.2) is 0 Å². The Morgan fingerprint density at radius 2 is 2.31 bits per heavy atom. The van der Waals surface area contributed by atoms with Crippen molar-refractivity contribution in [1.82, 2.24) is 10.3 Å². The molecule has 2 aromatic rings. The highest BCUT2D eigenvalue weighted by molar-refractivity contribution is 7.16. The van der Waals surface area contributed by atoms with Crippen molar-refractivity contribution in [2.24, 2.45) is 5.92 Å². The lowest BCUT2D eigenvalue weighted by atomic mass is 10.2. The Kier molecular flexibility index (Phi) is 3.19. The summed E-state index contributed by atoms with van der Waals surface area (Å²) in [5, 5.41) is 2.90. The van der Waals surface area contributed by atoms with E-state index in [4.69, 9.17) is 0 Å². The summed E-state index contributed by atoms with van der Waals surface area (Å²) in [5.41, 5.74) is 3.45. The van der Waals surface area contributed by atoms with Crippen LogP contribution in [0.25, 0.3) is 10.2 Å². The van der Waals surface area contributed by atoms with Crippen molar-refractivity contribution >= 4 is 27.5 Å². The van der Waals surface area contributed by atoms with Crippen LogP contribution in [0.3, 0.4) is 0 Å². The van der Waals surface area contributed by atoms with E-state index >= 15 is 0 Å². The predicted octanol–water partition coefficient (Wildman–Crippen LogP) is 2.68. The summed E-state index contributed by atoms with van der Waals surface area (Å²) in [6.45, 7) is 4.86. The Hall–Kier alpha value is -1.42. The molecule has 0 aliphatic rings. The Morgan fingerprint density at radius 1 is 1.50 bits per heavy atom. The molecule has 3 nitrogen and oxygen atoms in total. The molecule has 0 fully saturated rings. The van der Waals surface area contributed by atoms with Crippen LogP contribution in [0.4, 0.5) is 0 Å². The molecule has 0 saturated carbocycles. The highest BCUT2D eigenvalue weighted by atomic mass is 32.1. The quantitative estimate of drug-likeness (QED) is 0.887. The first kappa shape index (κ1) is 11.1. The minimum absolute atomic E-state index is 0.0102. The third-order valence-corrected chi connectivity index (χ3v) is 3.06. The van der Waals surface area contributed by atoms with Crippen LogP contribution >= 0.6 is 11.3 Å². The molecule has 1 N–H and O–H groups in total. The van der Waals surface area contributed by atoms with E-state index in [-0.39, 0.29) is 5.91 Å². The summed E-state index contributed by atoms with van der Waals surface area (Å²) in [6, 6.07) is 5.59. The van der Waals surface area contributed by atoms with E-state index in [1.807, 2.05) is 18.2 Å². The van der Waals surface area contributed by atoms with Crippen LogP contribution < -0.4 is 5.32 Å². The van der Waals surface area contributed by atoms with Crippen LogP contribution in [0.2, 0.25) is 0 Å². The maximum atomic E-state index is 11.8. The molecule has 0 radical (unpaired) electrons. The Balaban J connectivity index is 2.16. The lowest BCUT2D eigenvalue weighted by molar-refractivity contribution is 0.0949. The lowest BCUT2D eigenvalue weighted by Crippen LogP contribution is -2.27. The van der Waals surface area contributed by atoms with Gasteiger partial charge in [-0.2, -0.15) is 0 Å². The van der Waals surface area contributed by atoms with Crippen LogP contribution in [0.5, 0.6) is 0 Å². The third kappa shape index (κ3) is 2.39. The predicted molar refractivity (Wildman–Crippen MR) is 66.8 cm³/mol. The molecule has 0 spiro atoms. The number of carbonyl (C=O) groups is 1. The van der Waals surface area contributed by atoms with Crippen LogP contribution in [-0.2, 0) is 0 Å². The fourth-order valence-corrected chi connectivity index (χ4v) is 2.11. The van der Waals surface area contributed by atoms with Crippen LogP contribution in [-0.4, -0.2) is 17.4 Å². The summed E-state index contributed by atoms with van der Waals surface area (Å²) >= 11 is 1.55. The molecule has 0 aliphatic carbocycles. The van der Waals surface area contributed by atoms with Gasteiger partial charge in [0, 0.05) is 12.1 Å². The molecule has 1 heterocycles. The Labute approximate surface area is 98.5 Å². The molecule has 0 bridgehead atoms. The first-order chi connectivity index (χ1) is 7.66. The molecular weight excluding hydrogens is 220 g/mol. The summed E-state index contributed by atoms with van der Waals surface area (Å²) in [6.07, 6.45) is 0. The number of hydrogen-bond acceptors (Lipinski definition) is 3. The average molecular weight is 234 g/mol. The van der Waals surface area contributed by atoms with Gasteiger partial charge in [-0.25, -0.2) is 4.98 Å². The molecule has 2 rings (SSSR count). The van der Waals surface area contributed by atoms with Crippen LogP contribution in [0, 0.1) is 5.92 Å². The molecule has 0 saturated heterocycles. The van der Waals surface area contributed by atoms with E-state index in [9.17, 15) is 4.79 Å². The number of thiazole rings is 1. The molecule has 1 aromatic heterocycles. The van der Waals surface area contributed by atoms with Gasteiger partial charge < -0.3 is 5.32 Å².